The number of nitrogens with zero attached hydrogens (tertiary/aromatic N) is 3. The van der Waals surface area contributed by atoms with E-state index in [-0.39, 0.29) is 29.4 Å². The van der Waals surface area contributed by atoms with Crippen molar-refractivity contribution in [2.45, 2.75) is 51.9 Å². The van der Waals surface area contributed by atoms with Crippen molar-refractivity contribution in [3.8, 4) is 5.75 Å². The Hall–Kier alpha value is -1.99. The highest BCUT2D eigenvalue weighted by atomic mass is 79.9. The lowest BCUT2D eigenvalue weighted by Gasteiger charge is -2.26. The lowest BCUT2D eigenvalue weighted by molar-refractivity contribution is 0.0963. The van der Waals surface area contributed by atoms with Crippen molar-refractivity contribution in [1.29, 1.82) is 0 Å². The molecule has 34 heavy (non-hydrogen) atoms. The van der Waals surface area contributed by atoms with E-state index in [0.717, 1.165) is 30.8 Å². The molecule has 184 valence electrons. The van der Waals surface area contributed by atoms with E-state index in [1.807, 2.05) is 35.8 Å². The highest BCUT2D eigenvalue weighted by Crippen LogP contribution is 2.41. The van der Waals surface area contributed by atoms with Gasteiger partial charge in [0.25, 0.3) is 0 Å². The molecule has 2 atom stereocenters. The Morgan fingerprint density at radius 1 is 1.26 bits per heavy atom. The van der Waals surface area contributed by atoms with Crippen molar-refractivity contribution in [2.75, 3.05) is 30.7 Å². The van der Waals surface area contributed by atoms with Crippen LogP contribution in [-0.2, 0) is 5.41 Å². The molecular formula is C27H36BrN3O2S. The number of carbonyl (C=O) groups is 1. The number of ketones is 1. The van der Waals surface area contributed by atoms with Crippen LogP contribution in [0.3, 0.4) is 0 Å². The maximum atomic E-state index is 13.6. The number of amidine groups is 1. The number of Topliss-reactive ketones (excluding diaryl/α,β-unsaturated/α-hetero) is 1. The van der Waals surface area contributed by atoms with Gasteiger partial charge in [-0.2, -0.15) is 4.02 Å². The summed E-state index contributed by atoms with van der Waals surface area (Å²) in [7, 11) is 1.90. The SMILES string of the molecule is CCC[C@H]1CN(CC(=O)c2cc(N(C)SC)c(O)c(C(C)(C)C)c2)C(=NBr)[C@@H]1c1ccccc1. The normalized spacial score (nSPS) is 19.6. The number of hydrogen-bond acceptors (Lipinski definition) is 5. The number of benzene rings is 2. The third-order valence-corrected chi connectivity index (χ3v) is 7.71. The van der Waals surface area contributed by atoms with Gasteiger partial charge in [0.2, 0.25) is 0 Å². The van der Waals surface area contributed by atoms with Crippen molar-refractivity contribution in [3.63, 3.8) is 0 Å². The Bertz CT molecular complexity index is 1040. The largest absolute Gasteiger partial charge is 0.505 e. The number of likely N-dealkylation sites (tertiary alicyclic amines) is 1. The number of anilines is 1. The van der Waals surface area contributed by atoms with Crippen LogP contribution >= 0.6 is 28.1 Å². The van der Waals surface area contributed by atoms with E-state index in [4.69, 9.17) is 0 Å². The molecule has 0 spiro atoms. The van der Waals surface area contributed by atoms with Crippen LogP contribution in [0, 0.1) is 5.92 Å². The highest BCUT2D eigenvalue weighted by molar-refractivity contribution is 9.08. The second kappa shape index (κ2) is 11.2. The van der Waals surface area contributed by atoms with Gasteiger partial charge in [0, 0.05) is 36.9 Å². The predicted molar refractivity (Wildman–Crippen MR) is 149 cm³/mol. The van der Waals surface area contributed by atoms with Gasteiger partial charge in [-0.25, -0.2) is 0 Å². The van der Waals surface area contributed by atoms with E-state index < -0.39 is 0 Å². The van der Waals surface area contributed by atoms with Crippen molar-refractivity contribution >= 4 is 45.4 Å². The molecule has 0 saturated carbocycles. The van der Waals surface area contributed by atoms with Crippen molar-refractivity contribution < 1.29 is 9.90 Å². The summed E-state index contributed by atoms with van der Waals surface area (Å²) in [6, 6.07) is 14.1. The minimum Gasteiger partial charge on any atom is -0.505 e. The first-order valence-electron chi connectivity index (χ1n) is 11.8. The van der Waals surface area contributed by atoms with E-state index in [0.29, 0.717) is 17.2 Å². The fourth-order valence-electron chi connectivity index (χ4n) is 4.81. The van der Waals surface area contributed by atoms with Gasteiger partial charge in [-0.05, 0) is 35.4 Å². The molecule has 1 N–H and O–H groups in total. The Morgan fingerprint density at radius 2 is 1.94 bits per heavy atom. The quantitative estimate of drug-likeness (QED) is 0.291. The molecule has 3 rings (SSSR count). The first-order chi connectivity index (χ1) is 16.1. The number of hydrogen-bond donors (Lipinski definition) is 1. The zero-order valence-corrected chi connectivity index (χ0v) is 23.4. The second-order valence-corrected chi connectivity index (χ2v) is 11.3. The number of rotatable bonds is 8. The third kappa shape index (κ3) is 5.62. The van der Waals surface area contributed by atoms with E-state index in [1.54, 1.807) is 0 Å². The maximum absolute atomic E-state index is 13.6. The summed E-state index contributed by atoms with van der Waals surface area (Å²) < 4.78 is 6.38. The van der Waals surface area contributed by atoms with Gasteiger partial charge < -0.3 is 14.3 Å². The molecule has 1 heterocycles. The van der Waals surface area contributed by atoms with E-state index in [9.17, 15) is 9.90 Å². The molecule has 2 aromatic rings. The Kier molecular flexibility index (Phi) is 8.74. The van der Waals surface area contributed by atoms with Crippen LogP contribution in [-0.4, -0.2) is 48.0 Å². The fraction of sp³-hybridized carbons (Fsp3) is 0.481. The van der Waals surface area contributed by atoms with Gasteiger partial charge in [0.15, 0.2) is 5.78 Å². The fourth-order valence-corrected chi connectivity index (χ4v) is 5.59. The molecule has 1 aliphatic rings. The maximum Gasteiger partial charge on any atom is 0.182 e. The molecular weight excluding hydrogens is 510 g/mol. The van der Waals surface area contributed by atoms with Gasteiger partial charge in [-0.1, -0.05) is 76.4 Å². The van der Waals surface area contributed by atoms with Crippen molar-refractivity contribution in [2.24, 2.45) is 9.94 Å². The van der Waals surface area contributed by atoms with Crippen LogP contribution in [0.2, 0.25) is 0 Å². The average Bonchev–Trinajstić information content (AvgIpc) is 3.15. The molecule has 0 unspecified atom stereocenters. The minimum absolute atomic E-state index is 0.0267. The Balaban J connectivity index is 1.95. The Morgan fingerprint density at radius 3 is 2.50 bits per heavy atom. The summed E-state index contributed by atoms with van der Waals surface area (Å²) in [5, 5.41) is 10.9. The summed E-state index contributed by atoms with van der Waals surface area (Å²) in [6.07, 6.45) is 4.11. The van der Waals surface area contributed by atoms with Crippen LogP contribution in [0.25, 0.3) is 0 Å². The summed E-state index contributed by atoms with van der Waals surface area (Å²) in [6.45, 7) is 9.41. The van der Waals surface area contributed by atoms with Gasteiger partial charge in [-0.3, -0.25) is 4.79 Å². The predicted octanol–water partition coefficient (Wildman–Crippen LogP) is 6.81. The molecule has 0 amide bonds. The lowest BCUT2D eigenvalue weighted by Crippen LogP contribution is -2.32. The zero-order chi connectivity index (χ0) is 25.0. The molecule has 1 fully saturated rings. The Labute approximate surface area is 217 Å². The number of halogens is 1. The number of phenols is 1. The number of carbonyl (C=O) groups excluding carboxylic acids is 1. The molecule has 0 bridgehead atoms. The van der Waals surface area contributed by atoms with Crippen LogP contribution < -0.4 is 4.31 Å². The van der Waals surface area contributed by atoms with Crippen molar-refractivity contribution in [3.05, 3.63) is 59.2 Å². The second-order valence-electron chi connectivity index (χ2n) is 10.0. The molecule has 1 aliphatic heterocycles. The summed E-state index contributed by atoms with van der Waals surface area (Å²) in [4.78, 5) is 15.7. The van der Waals surface area contributed by atoms with Crippen LogP contribution in [0.4, 0.5) is 5.69 Å². The third-order valence-electron chi connectivity index (χ3n) is 6.60. The van der Waals surface area contributed by atoms with Crippen molar-refractivity contribution in [1.82, 2.24) is 4.90 Å². The molecule has 0 aromatic heterocycles. The zero-order valence-electron chi connectivity index (χ0n) is 21.0. The van der Waals surface area contributed by atoms with Crippen LogP contribution in [0.1, 0.15) is 67.9 Å². The van der Waals surface area contributed by atoms with Gasteiger partial charge in [0.05, 0.1) is 28.4 Å². The van der Waals surface area contributed by atoms with E-state index in [1.165, 1.54) is 17.5 Å². The average molecular weight is 547 g/mol. The number of phenolic OH excluding ortho intramolecular Hbond substituents is 1. The van der Waals surface area contributed by atoms with E-state index in [2.05, 4.69) is 77.0 Å². The first-order valence-corrected chi connectivity index (χ1v) is 13.7. The molecule has 5 nitrogen and oxygen atoms in total. The summed E-state index contributed by atoms with van der Waals surface area (Å²) >= 11 is 4.86. The van der Waals surface area contributed by atoms with Crippen LogP contribution in [0.5, 0.6) is 5.75 Å². The van der Waals surface area contributed by atoms with Gasteiger partial charge in [0.1, 0.15) is 11.6 Å². The van der Waals surface area contributed by atoms with E-state index >= 15 is 0 Å². The lowest BCUT2D eigenvalue weighted by atomic mass is 9.84. The summed E-state index contributed by atoms with van der Waals surface area (Å²) in [5.74, 6) is 1.74. The topological polar surface area (TPSA) is 56.1 Å². The highest BCUT2D eigenvalue weighted by Gasteiger charge is 2.39. The molecule has 1 saturated heterocycles. The molecule has 0 radical (unpaired) electrons. The first kappa shape index (κ1) is 26.6. The molecule has 0 aliphatic carbocycles. The molecule has 2 aromatic carbocycles. The number of aromatic hydroxyl groups is 1. The monoisotopic (exact) mass is 545 g/mol. The summed E-state index contributed by atoms with van der Waals surface area (Å²) in [5.41, 5.74) is 2.98. The standard InChI is InChI=1S/C27H36BrN3O2S/c1-7-11-19-16-31(26(29-28)24(19)18-12-9-8-10-13-18)17-23(32)20-14-21(27(2,3)4)25(33)22(15-20)30(5)34-6/h8-10,12-15,19,24,33H,7,11,16-17H2,1-6H3/t19-,24+/m0/s1. The molecule has 7 heteroatoms. The smallest absolute Gasteiger partial charge is 0.182 e. The minimum atomic E-state index is -0.297. The van der Waals surface area contributed by atoms with Crippen LogP contribution in [0.15, 0.2) is 46.5 Å². The van der Waals surface area contributed by atoms with Gasteiger partial charge >= 0.3 is 0 Å². The van der Waals surface area contributed by atoms with Gasteiger partial charge in [-0.15, -0.1) is 0 Å².